The molecular weight excluding hydrogens is 216 g/mol. The van der Waals surface area contributed by atoms with Crippen LogP contribution in [0.15, 0.2) is 0 Å². The van der Waals surface area contributed by atoms with Gasteiger partial charge in [0.2, 0.25) is 0 Å². The lowest BCUT2D eigenvalue weighted by Crippen LogP contribution is -2.39. The molecule has 2 bridgehead atoms. The van der Waals surface area contributed by atoms with Gasteiger partial charge in [-0.05, 0) is 55.7 Å². The van der Waals surface area contributed by atoms with Gasteiger partial charge in [-0.1, -0.05) is 19.8 Å². The van der Waals surface area contributed by atoms with E-state index in [-0.39, 0.29) is 0 Å². The lowest BCUT2D eigenvalue weighted by Gasteiger charge is -2.22. The minimum Gasteiger partial charge on any atom is -0.363 e. The van der Waals surface area contributed by atoms with Crippen molar-refractivity contribution in [1.82, 2.24) is 10.6 Å². The maximum Gasteiger partial charge on any atom is 0.166 e. The van der Waals surface area contributed by atoms with Crippen molar-refractivity contribution in [1.29, 1.82) is 0 Å². The highest BCUT2D eigenvalue weighted by Gasteiger charge is 2.39. The Labute approximate surface area is 105 Å². The van der Waals surface area contributed by atoms with Gasteiger partial charge in [0.05, 0.1) is 0 Å². The smallest absolute Gasteiger partial charge is 0.166 e. The predicted molar refractivity (Wildman–Crippen MR) is 72.4 cm³/mol. The molecule has 2 saturated carbocycles. The molecule has 2 aliphatic rings. The van der Waals surface area contributed by atoms with Crippen LogP contribution >= 0.6 is 12.2 Å². The maximum atomic E-state index is 5.27. The molecule has 16 heavy (non-hydrogen) atoms. The van der Waals surface area contributed by atoms with Gasteiger partial charge in [0, 0.05) is 13.1 Å². The van der Waals surface area contributed by atoms with Crippen molar-refractivity contribution in [3.63, 3.8) is 0 Å². The minimum atomic E-state index is 0.858. The number of hydrogen-bond acceptors (Lipinski definition) is 1. The van der Waals surface area contributed by atoms with E-state index in [0.717, 1.165) is 36.0 Å². The molecule has 2 nitrogen and oxygen atoms in total. The third-order valence-corrected chi connectivity index (χ3v) is 4.51. The van der Waals surface area contributed by atoms with E-state index in [0.29, 0.717) is 0 Å². The Morgan fingerprint density at radius 3 is 2.75 bits per heavy atom. The molecule has 0 amide bonds. The van der Waals surface area contributed by atoms with Gasteiger partial charge in [0.1, 0.15) is 0 Å². The van der Waals surface area contributed by atoms with Gasteiger partial charge in [0.15, 0.2) is 5.11 Å². The zero-order valence-electron chi connectivity index (χ0n) is 10.3. The van der Waals surface area contributed by atoms with Crippen molar-refractivity contribution >= 4 is 17.3 Å². The fourth-order valence-corrected chi connectivity index (χ4v) is 3.48. The highest BCUT2D eigenvalue weighted by molar-refractivity contribution is 7.80. The molecule has 3 heteroatoms. The molecule has 2 aliphatic carbocycles. The van der Waals surface area contributed by atoms with Gasteiger partial charge in [-0.3, -0.25) is 0 Å². The Morgan fingerprint density at radius 2 is 2.12 bits per heavy atom. The lowest BCUT2D eigenvalue weighted by atomic mass is 9.89. The van der Waals surface area contributed by atoms with Crippen molar-refractivity contribution in [2.45, 2.75) is 45.4 Å². The van der Waals surface area contributed by atoms with Gasteiger partial charge in [0.25, 0.3) is 0 Å². The number of thiocarbonyl (C=S) groups is 1. The van der Waals surface area contributed by atoms with E-state index < -0.39 is 0 Å². The molecular formula is C13H24N2S. The molecule has 0 aliphatic heterocycles. The number of fused-ring (bicyclic) bond motifs is 2. The summed E-state index contributed by atoms with van der Waals surface area (Å²) in [4.78, 5) is 0. The summed E-state index contributed by atoms with van der Waals surface area (Å²) in [5.74, 6) is 2.93. The number of hydrogen-bond donors (Lipinski definition) is 2. The second kappa shape index (κ2) is 5.85. The highest BCUT2D eigenvalue weighted by atomic mass is 32.1. The van der Waals surface area contributed by atoms with Crippen LogP contribution in [0.5, 0.6) is 0 Å². The molecule has 92 valence electrons. The summed E-state index contributed by atoms with van der Waals surface area (Å²) in [6.45, 7) is 4.31. The van der Waals surface area contributed by atoms with E-state index in [4.69, 9.17) is 12.2 Å². The van der Waals surface area contributed by atoms with Crippen molar-refractivity contribution in [2.24, 2.45) is 17.8 Å². The van der Waals surface area contributed by atoms with E-state index >= 15 is 0 Å². The van der Waals surface area contributed by atoms with Crippen LogP contribution in [0.4, 0.5) is 0 Å². The van der Waals surface area contributed by atoms with Crippen LogP contribution in [0.2, 0.25) is 0 Å². The van der Waals surface area contributed by atoms with Crippen LogP contribution < -0.4 is 10.6 Å². The monoisotopic (exact) mass is 240 g/mol. The molecule has 0 aromatic heterocycles. The van der Waals surface area contributed by atoms with Crippen LogP contribution in [-0.4, -0.2) is 18.2 Å². The first-order valence-corrected chi connectivity index (χ1v) is 7.22. The quantitative estimate of drug-likeness (QED) is 0.571. The zero-order valence-corrected chi connectivity index (χ0v) is 11.1. The maximum absolute atomic E-state index is 5.27. The number of unbranched alkanes of at least 4 members (excludes halogenated alkanes) is 1. The Hall–Kier alpha value is -0.310. The van der Waals surface area contributed by atoms with Gasteiger partial charge in [-0.25, -0.2) is 0 Å². The summed E-state index contributed by atoms with van der Waals surface area (Å²) in [5, 5.41) is 7.52. The summed E-state index contributed by atoms with van der Waals surface area (Å²) in [5.41, 5.74) is 0. The van der Waals surface area contributed by atoms with Gasteiger partial charge in [-0.15, -0.1) is 0 Å². The van der Waals surface area contributed by atoms with Crippen molar-refractivity contribution in [2.75, 3.05) is 13.1 Å². The molecule has 0 aromatic rings. The molecule has 0 saturated heterocycles. The average molecular weight is 240 g/mol. The highest BCUT2D eigenvalue weighted by Crippen LogP contribution is 2.47. The standard InChI is InChI=1S/C13H24N2S/c1-2-3-6-14-13(16)15-9-12-8-10-4-5-11(12)7-10/h10-12H,2-9H2,1H3,(H2,14,15,16). The SMILES string of the molecule is CCCCNC(=S)NCC1CC2CCC1C2. The first kappa shape index (κ1) is 12.2. The van der Waals surface area contributed by atoms with E-state index in [1.807, 2.05) is 0 Å². The molecule has 0 aromatic carbocycles. The largest absolute Gasteiger partial charge is 0.363 e. The topological polar surface area (TPSA) is 24.1 Å². The average Bonchev–Trinajstić information content (AvgIpc) is 2.88. The molecule has 3 atom stereocenters. The van der Waals surface area contributed by atoms with Gasteiger partial charge >= 0.3 is 0 Å². The summed E-state index contributed by atoms with van der Waals surface area (Å²) in [7, 11) is 0. The van der Waals surface area contributed by atoms with Crippen molar-refractivity contribution in [3.8, 4) is 0 Å². The van der Waals surface area contributed by atoms with Crippen LogP contribution in [0.25, 0.3) is 0 Å². The van der Waals surface area contributed by atoms with Gasteiger partial charge in [-0.2, -0.15) is 0 Å². The molecule has 0 radical (unpaired) electrons. The van der Waals surface area contributed by atoms with E-state index in [1.165, 1.54) is 38.5 Å². The number of nitrogens with one attached hydrogen (secondary N) is 2. The van der Waals surface area contributed by atoms with Crippen molar-refractivity contribution in [3.05, 3.63) is 0 Å². The van der Waals surface area contributed by atoms with Crippen molar-refractivity contribution < 1.29 is 0 Å². The van der Waals surface area contributed by atoms with E-state index in [2.05, 4.69) is 17.6 Å². The fourth-order valence-electron chi connectivity index (χ4n) is 3.29. The first-order valence-electron chi connectivity index (χ1n) is 6.81. The van der Waals surface area contributed by atoms with Crippen LogP contribution in [0, 0.1) is 17.8 Å². The second-order valence-electron chi connectivity index (χ2n) is 5.43. The molecule has 2 fully saturated rings. The van der Waals surface area contributed by atoms with Crippen LogP contribution in [0.1, 0.15) is 45.4 Å². The molecule has 0 heterocycles. The molecule has 2 rings (SSSR count). The Bertz CT molecular complexity index is 242. The normalized spacial score (nSPS) is 31.7. The van der Waals surface area contributed by atoms with Crippen LogP contribution in [-0.2, 0) is 0 Å². The molecule has 2 N–H and O–H groups in total. The first-order chi connectivity index (χ1) is 7.79. The summed E-state index contributed by atoms with van der Waals surface area (Å²) < 4.78 is 0. The molecule has 0 spiro atoms. The molecule has 3 unspecified atom stereocenters. The van der Waals surface area contributed by atoms with Gasteiger partial charge < -0.3 is 10.6 Å². The summed E-state index contributed by atoms with van der Waals surface area (Å²) in [6.07, 6.45) is 8.31. The third kappa shape index (κ3) is 3.09. The fraction of sp³-hybridized carbons (Fsp3) is 0.923. The minimum absolute atomic E-state index is 0.858. The van der Waals surface area contributed by atoms with E-state index in [9.17, 15) is 0 Å². The summed E-state index contributed by atoms with van der Waals surface area (Å²) >= 11 is 5.27. The Kier molecular flexibility index (Phi) is 4.45. The Morgan fingerprint density at radius 1 is 1.25 bits per heavy atom. The predicted octanol–water partition coefficient (Wildman–Crippen LogP) is 2.69. The Balaban J connectivity index is 1.59. The number of rotatable bonds is 5. The van der Waals surface area contributed by atoms with Crippen LogP contribution in [0.3, 0.4) is 0 Å². The van der Waals surface area contributed by atoms with E-state index in [1.54, 1.807) is 0 Å². The summed E-state index contributed by atoms with van der Waals surface area (Å²) in [6, 6.07) is 0. The second-order valence-corrected chi connectivity index (χ2v) is 5.83. The third-order valence-electron chi connectivity index (χ3n) is 4.23. The lowest BCUT2D eigenvalue weighted by molar-refractivity contribution is 0.332. The zero-order chi connectivity index (χ0) is 11.4.